The van der Waals surface area contributed by atoms with E-state index < -0.39 is 0 Å². The molecule has 2 amide bonds. The molecule has 2 aliphatic rings. The van der Waals surface area contributed by atoms with Gasteiger partial charge in [0, 0.05) is 63.1 Å². The zero-order valence-corrected chi connectivity index (χ0v) is 15.6. The Morgan fingerprint density at radius 1 is 1.16 bits per heavy atom. The number of nitrogens with one attached hydrogen (secondary N) is 1. The van der Waals surface area contributed by atoms with E-state index in [0.717, 1.165) is 64.0 Å². The second-order valence-electron chi connectivity index (χ2n) is 6.59. The van der Waals surface area contributed by atoms with Crippen LogP contribution < -0.4 is 10.2 Å². The number of hydrogen-bond acceptors (Lipinski definition) is 4. The summed E-state index contributed by atoms with van der Waals surface area (Å²) in [6.45, 7) is 10.3. The molecule has 6 nitrogen and oxygen atoms in total. The van der Waals surface area contributed by atoms with Gasteiger partial charge in [0.15, 0.2) is 0 Å². The van der Waals surface area contributed by atoms with E-state index in [0.29, 0.717) is 6.54 Å². The Labute approximate surface area is 154 Å². The molecule has 2 aliphatic heterocycles. The Balaban J connectivity index is 1.42. The summed E-state index contributed by atoms with van der Waals surface area (Å²) >= 11 is 6.12. The SMILES string of the molecule is Cc1ccc(Cl)cc1N1CCN(C(=O)NCCN2CCOCC2)CC1. The van der Waals surface area contributed by atoms with Gasteiger partial charge in [-0.3, -0.25) is 4.90 Å². The third-order valence-electron chi connectivity index (χ3n) is 4.89. The summed E-state index contributed by atoms with van der Waals surface area (Å²) in [6, 6.07) is 6.01. The van der Waals surface area contributed by atoms with Crippen LogP contribution in [0.1, 0.15) is 5.56 Å². The molecule has 2 heterocycles. The van der Waals surface area contributed by atoms with Gasteiger partial charge in [0.05, 0.1) is 13.2 Å². The average Bonchev–Trinajstić information content (AvgIpc) is 2.65. The third kappa shape index (κ3) is 5.00. The quantitative estimate of drug-likeness (QED) is 0.883. The second kappa shape index (κ2) is 8.74. The number of benzene rings is 1. The van der Waals surface area contributed by atoms with Gasteiger partial charge in [0.25, 0.3) is 0 Å². The van der Waals surface area contributed by atoms with Gasteiger partial charge in [0.2, 0.25) is 0 Å². The summed E-state index contributed by atoms with van der Waals surface area (Å²) in [5, 5.41) is 3.79. The van der Waals surface area contributed by atoms with Crippen molar-refractivity contribution in [3.8, 4) is 0 Å². The molecule has 1 N–H and O–H groups in total. The van der Waals surface area contributed by atoms with E-state index in [1.807, 2.05) is 23.1 Å². The monoisotopic (exact) mass is 366 g/mol. The Bertz CT molecular complexity index is 584. The van der Waals surface area contributed by atoms with E-state index in [1.54, 1.807) is 0 Å². The van der Waals surface area contributed by atoms with E-state index in [4.69, 9.17) is 16.3 Å². The van der Waals surface area contributed by atoms with Gasteiger partial charge in [-0.2, -0.15) is 0 Å². The highest BCUT2D eigenvalue weighted by atomic mass is 35.5. The molecule has 0 saturated carbocycles. The van der Waals surface area contributed by atoms with Gasteiger partial charge in [-0.05, 0) is 24.6 Å². The molecule has 0 aliphatic carbocycles. The molecule has 25 heavy (non-hydrogen) atoms. The minimum atomic E-state index is 0.0377. The number of amides is 2. The summed E-state index contributed by atoms with van der Waals surface area (Å²) in [6.07, 6.45) is 0. The number of nitrogens with zero attached hydrogens (tertiary/aromatic N) is 3. The van der Waals surface area contributed by atoms with E-state index in [-0.39, 0.29) is 6.03 Å². The first-order valence-electron chi connectivity index (χ1n) is 8.97. The topological polar surface area (TPSA) is 48.0 Å². The predicted octanol–water partition coefficient (Wildman–Crippen LogP) is 1.81. The highest BCUT2D eigenvalue weighted by Crippen LogP contribution is 2.25. The Morgan fingerprint density at radius 2 is 1.88 bits per heavy atom. The van der Waals surface area contributed by atoms with Crippen LogP contribution >= 0.6 is 11.6 Å². The fourth-order valence-electron chi connectivity index (χ4n) is 3.33. The summed E-state index contributed by atoms with van der Waals surface area (Å²) in [4.78, 5) is 18.9. The first-order chi connectivity index (χ1) is 12.1. The lowest BCUT2D eigenvalue weighted by molar-refractivity contribution is 0.0386. The lowest BCUT2D eigenvalue weighted by Gasteiger charge is -2.37. The largest absolute Gasteiger partial charge is 0.379 e. The molecule has 0 atom stereocenters. The number of morpholine rings is 1. The van der Waals surface area contributed by atoms with Crippen molar-refractivity contribution in [3.05, 3.63) is 28.8 Å². The van der Waals surface area contributed by atoms with Gasteiger partial charge in [-0.15, -0.1) is 0 Å². The van der Waals surface area contributed by atoms with Gasteiger partial charge in [0.1, 0.15) is 0 Å². The lowest BCUT2D eigenvalue weighted by Crippen LogP contribution is -2.53. The standard InChI is InChI=1S/C18H27ClN4O2/c1-15-2-3-16(19)14-17(15)22-6-8-23(9-7-22)18(24)20-4-5-21-10-12-25-13-11-21/h2-3,14H,4-13H2,1H3,(H,20,24). The summed E-state index contributed by atoms with van der Waals surface area (Å²) in [5.74, 6) is 0. The second-order valence-corrected chi connectivity index (χ2v) is 7.03. The first-order valence-corrected chi connectivity index (χ1v) is 9.35. The average molecular weight is 367 g/mol. The molecule has 7 heteroatoms. The summed E-state index contributed by atoms with van der Waals surface area (Å²) < 4.78 is 5.33. The van der Waals surface area contributed by atoms with Crippen molar-refractivity contribution in [3.63, 3.8) is 0 Å². The predicted molar refractivity (Wildman–Crippen MR) is 101 cm³/mol. The van der Waals surface area contributed by atoms with Gasteiger partial charge >= 0.3 is 6.03 Å². The highest BCUT2D eigenvalue weighted by molar-refractivity contribution is 6.30. The number of hydrogen-bond donors (Lipinski definition) is 1. The smallest absolute Gasteiger partial charge is 0.317 e. The van der Waals surface area contributed by atoms with E-state index in [1.165, 1.54) is 11.3 Å². The molecular weight excluding hydrogens is 340 g/mol. The molecule has 0 aromatic heterocycles. The number of aryl methyl sites for hydroxylation is 1. The van der Waals surface area contributed by atoms with Crippen molar-refractivity contribution >= 4 is 23.3 Å². The number of ether oxygens (including phenoxy) is 1. The maximum absolute atomic E-state index is 12.3. The normalized spacial score (nSPS) is 19.1. The van der Waals surface area contributed by atoms with Crippen LogP contribution in [0.4, 0.5) is 10.5 Å². The molecule has 0 unspecified atom stereocenters. The molecular formula is C18H27ClN4O2. The zero-order chi connectivity index (χ0) is 17.6. The number of piperazine rings is 1. The van der Waals surface area contributed by atoms with Crippen molar-refractivity contribution in [2.75, 3.05) is 70.5 Å². The molecule has 1 aromatic carbocycles. The molecule has 0 spiro atoms. The molecule has 2 saturated heterocycles. The lowest BCUT2D eigenvalue weighted by atomic mass is 10.1. The number of anilines is 1. The number of carbonyl (C=O) groups excluding carboxylic acids is 1. The van der Waals surface area contributed by atoms with E-state index in [9.17, 15) is 4.79 Å². The maximum Gasteiger partial charge on any atom is 0.317 e. The number of rotatable bonds is 4. The van der Waals surface area contributed by atoms with Crippen LogP contribution in [-0.2, 0) is 4.74 Å². The fourth-order valence-corrected chi connectivity index (χ4v) is 3.50. The number of halogens is 1. The summed E-state index contributed by atoms with van der Waals surface area (Å²) in [5.41, 5.74) is 2.38. The Kier molecular flexibility index (Phi) is 6.39. The molecule has 2 fully saturated rings. The zero-order valence-electron chi connectivity index (χ0n) is 14.8. The Hall–Kier alpha value is -1.50. The van der Waals surface area contributed by atoms with Gasteiger partial charge < -0.3 is 19.9 Å². The molecule has 3 rings (SSSR count). The molecule has 0 radical (unpaired) electrons. The van der Waals surface area contributed by atoms with Crippen molar-refractivity contribution < 1.29 is 9.53 Å². The molecule has 0 bridgehead atoms. The van der Waals surface area contributed by atoms with Crippen LogP contribution in [0.5, 0.6) is 0 Å². The van der Waals surface area contributed by atoms with Gasteiger partial charge in [-0.1, -0.05) is 17.7 Å². The molecule has 1 aromatic rings. The van der Waals surface area contributed by atoms with Crippen molar-refractivity contribution in [1.82, 2.24) is 15.1 Å². The number of carbonyl (C=O) groups is 1. The first kappa shape index (κ1) is 18.3. The van der Waals surface area contributed by atoms with Crippen molar-refractivity contribution in [2.45, 2.75) is 6.92 Å². The van der Waals surface area contributed by atoms with Crippen LogP contribution in [0.15, 0.2) is 18.2 Å². The highest BCUT2D eigenvalue weighted by Gasteiger charge is 2.22. The van der Waals surface area contributed by atoms with Crippen LogP contribution in [0.3, 0.4) is 0 Å². The van der Waals surface area contributed by atoms with Crippen molar-refractivity contribution in [1.29, 1.82) is 0 Å². The van der Waals surface area contributed by atoms with Crippen LogP contribution in [-0.4, -0.2) is 81.4 Å². The van der Waals surface area contributed by atoms with E-state index in [2.05, 4.69) is 22.0 Å². The van der Waals surface area contributed by atoms with Crippen LogP contribution in [0.25, 0.3) is 0 Å². The summed E-state index contributed by atoms with van der Waals surface area (Å²) in [7, 11) is 0. The maximum atomic E-state index is 12.3. The third-order valence-corrected chi connectivity index (χ3v) is 5.12. The van der Waals surface area contributed by atoms with Crippen LogP contribution in [0, 0.1) is 6.92 Å². The van der Waals surface area contributed by atoms with E-state index >= 15 is 0 Å². The minimum Gasteiger partial charge on any atom is -0.379 e. The fraction of sp³-hybridized carbons (Fsp3) is 0.611. The molecule has 138 valence electrons. The number of urea groups is 1. The minimum absolute atomic E-state index is 0.0377. The van der Waals surface area contributed by atoms with Crippen LogP contribution in [0.2, 0.25) is 5.02 Å². The van der Waals surface area contributed by atoms with Crippen molar-refractivity contribution in [2.24, 2.45) is 0 Å². The van der Waals surface area contributed by atoms with Gasteiger partial charge in [-0.25, -0.2) is 4.79 Å². The Morgan fingerprint density at radius 3 is 2.60 bits per heavy atom.